The first-order valence-electron chi connectivity index (χ1n) is 4.40. The fraction of sp³-hybridized carbons (Fsp3) is 0.400. The summed E-state index contributed by atoms with van der Waals surface area (Å²) in [4.78, 5) is 0. The maximum absolute atomic E-state index is 12.2. The molecule has 1 rings (SSSR count). The standard InChI is InChI=1S/C10H12F3NO/c1-6-5-8(3-4-9(6)14)15-7(2)10(11,12)13/h3-5,7H,14H2,1-2H3. The number of halogens is 3. The minimum Gasteiger partial charge on any atom is -0.481 e. The van der Waals surface area contributed by atoms with Gasteiger partial charge in [-0.25, -0.2) is 0 Å². The van der Waals surface area contributed by atoms with Crippen LogP contribution in [0, 0.1) is 6.92 Å². The number of hydrogen-bond acceptors (Lipinski definition) is 2. The van der Waals surface area contributed by atoms with Gasteiger partial charge in [-0.3, -0.25) is 0 Å². The highest BCUT2D eigenvalue weighted by Crippen LogP contribution is 2.26. The average molecular weight is 219 g/mol. The Hall–Kier alpha value is -1.39. The Labute approximate surface area is 85.8 Å². The molecule has 0 radical (unpaired) electrons. The fourth-order valence-corrected chi connectivity index (χ4v) is 0.992. The molecule has 15 heavy (non-hydrogen) atoms. The van der Waals surface area contributed by atoms with Gasteiger partial charge in [0.15, 0.2) is 6.10 Å². The van der Waals surface area contributed by atoms with E-state index in [0.29, 0.717) is 11.3 Å². The Morgan fingerprint density at radius 2 is 1.93 bits per heavy atom. The molecular weight excluding hydrogens is 207 g/mol. The van der Waals surface area contributed by atoms with E-state index in [4.69, 9.17) is 10.5 Å². The third-order valence-electron chi connectivity index (χ3n) is 2.02. The van der Waals surface area contributed by atoms with Gasteiger partial charge in [0.2, 0.25) is 0 Å². The molecule has 84 valence electrons. The van der Waals surface area contributed by atoms with E-state index >= 15 is 0 Å². The van der Waals surface area contributed by atoms with E-state index < -0.39 is 12.3 Å². The van der Waals surface area contributed by atoms with Crippen molar-refractivity contribution in [2.24, 2.45) is 0 Å². The average Bonchev–Trinajstić information content (AvgIpc) is 2.10. The lowest BCUT2D eigenvalue weighted by atomic mass is 10.2. The lowest BCUT2D eigenvalue weighted by Gasteiger charge is -2.18. The molecule has 0 heterocycles. The number of nitrogens with two attached hydrogens (primary N) is 1. The molecule has 0 amide bonds. The van der Waals surface area contributed by atoms with Crippen molar-refractivity contribution in [1.29, 1.82) is 0 Å². The zero-order chi connectivity index (χ0) is 11.6. The first-order chi connectivity index (χ1) is 6.80. The summed E-state index contributed by atoms with van der Waals surface area (Å²) >= 11 is 0. The summed E-state index contributed by atoms with van der Waals surface area (Å²) < 4.78 is 41.2. The lowest BCUT2D eigenvalue weighted by molar-refractivity contribution is -0.189. The van der Waals surface area contributed by atoms with Crippen LogP contribution in [0.15, 0.2) is 18.2 Å². The molecule has 1 atom stereocenters. The van der Waals surface area contributed by atoms with Crippen LogP contribution >= 0.6 is 0 Å². The molecule has 0 bridgehead atoms. The van der Waals surface area contributed by atoms with Crippen molar-refractivity contribution >= 4 is 5.69 Å². The van der Waals surface area contributed by atoms with E-state index in [1.807, 2.05) is 0 Å². The number of ether oxygens (including phenoxy) is 1. The number of rotatable bonds is 2. The normalized spacial score (nSPS) is 13.7. The highest BCUT2D eigenvalue weighted by atomic mass is 19.4. The van der Waals surface area contributed by atoms with Crippen molar-refractivity contribution in [1.82, 2.24) is 0 Å². The molecule has 0 aliphatic rings. The molecule has 2 nitrogen and oxygen atoms in total. The molecule has 0 saturated carbocycles. The molecule has 2 N–H and O–H groups in total. The molecule has 0 fully saturated rings. The van der Waals surface area contributed by atoms with E-state index in [2.05, 4.69) is 0 Å². The third kappa shape index (κ3) is 3.04. The van der Waals surface area contributed by atoms with Gasteiger partial charge in [-0.05, 0) is 37.6 Å². The van der Waals surface area contributed by atoms with Crippen molar-refractivity contribution in [3.05, 3.63) is 23.8 Å². The Morgan fingerprint density at radius 1 is 1.33 bits per heavy atom. The molecule has 5 heteroatoms. The van der Waals surface area contributed by atoms with Crippen molar-refractivity contribution in [2.45, 2.75) is 26.1 Å². The van der Waals surface area contributed by atoms with E-state index in [0.717, 1.165) is 6.92 Å². The van der Waals surface area contributed by atoms with Crippen molar-refractivity contribution in [3.63, 3.8) is 0 Å². The molecule has 0 aromatic heterocycles. The topological polar surface area (TPSA) is 35.2 Å². The summed E-state index contributed by atoms with van der Waals surface area (Å²) in [6, 6.07) is 4.43. The number of hydrogen-bond donors (Lipinski definition) is 1. The zero-order valence-corrected chi connectivity index (χ0v) is 8.43. The van der Waals surface area contributed by atoms with Gasteiger partial charge in [-0.1, -0.05) is 0 Å². The van der Waals surface area contributed by atoms with Gasteiger partial charge in [0.25, 0.3) is 0 Å². The van der Waals surface area contributed by atoms with Crippen LogP contribution in [-0.4, -0.2) is 12.3 Å². The van der Waals surface area contributed by atoms with Crippen LogP contribution in [0.25, 0.3) is 0 Å². The molecular formula is C10H12F3NO. The molecule has 0 spiro atoms. The predicted molar refractivity (Wildman–Crippen MR) is 51.7 cm³/mol. The Bertz CT molecular complexity index is 349. The molecule has 0 aliphatic carbocycles. The van der Waals surface area contributed by atoms with Crippen LogP contribution < -0.4 is 10.5 Å². The third-order valence-corrected chi connectivity index (χ3v) is 2.02. The van der Waals surface area contributed by atoms with Gasteiger partial charge in [0.05, 0.1) is 0 Å². The number of anilines is 1. The Balaban J connectivity index is 2.78. The summed E-state index contributed by atoms with van der Waals surface area (Å²) in [6.45, 7) is 2.67. The minimum atomic E-state index is -4.35. The maximum atomic E-state index is 12.2. The Kier molecular flexibility index (Phi) is 3.12. The van der Waals surface area contributed by atoms with E-state index in [1.54, 1.807) is 6.92 Å². The van der Waals surface area contributed by atoms with Crippen LogP contribution in [0.1, 0.15) is 12.5 Å². The largest absolute Gasteiger partial charge is 0.481 e. The van der Waals surface area contributed by atoms with Crippen LogP contribution in [-0.2, 0) is 0 Å². The number of aryl methyl sites for hydroxylation is 1. The fourth-order valence-electron chi connectivity index (χ4n) is 0.992. The Morgan fingerprint density at radius 3 is 2.40 bits per heavy atom. The lowest BCUT2D eigenvalue weighted by Crippen LogP contribution is -2.31. The second-order valence-electron chi connectivity index (χ2n) is 3.32. The summed E-state index contributed by atoms with van der Waals surface area (Å²) in [6.07, 6.45) is -6.17. The molecule has 1 aromatic rings. The SMILES string of the molecule is Cc1cc(OC(C)C(F)(F)F)ccc1N. The highest BCUT2D eigenvalue weighted by Gasteiger charge is 2.38. The van der Waals surface area contributed by atoms with E-state index in [-0.39, 0.29) is 5.75 Å². The van der Waals surface area contributed by atoms with Crippen LogP contribution in [0.2, 0.25) is 0 Å². The first kappa shape index (κ1) is 11.7. The van der Waals surface area contributed by atoms with Crippen molar-refractivity contribution in [3.8, 4) is 5.75 Å². The highest BCUT2D eigenvalue weighted by molar-refractivity contribution is 5.49. The monoisotopic (exact) mass is 219 g/mol. The van der Waals surface area contributed by atoms with E-state index in [9.17, 15) is 13.2 Å². The van der Waals surface area contributed by atoms with Gasteiger partial charge >= 0.3 is 6.18 Å². The number of nitrogen functional groups attached to an aromatic ring is 1. The number of alkyl halides is 3. The molecule has 0 aliphatic heterocycles. The number of benzene rings is 1. The van der Waals surface area contributed by atoms with Crippen LogP contribution in [0.3, 0.4) is 0 Å². The zero-order valence-electron chi connectivity index (χ0n) is 8.43. The van der Waals surface area contributed by atoms with Crippen LogP contribution in [0.5, 0.6) is 5.75 Å². The first-order valence-corrected chi connectivity index (χ1v) is 4.40. The van der Waals surface area contributed by atoms with Crippen LogP contribution in [0.4, 0.5) is 18.9 Å². The van der Waals surface area contributed by atoms with Gasteiger partial charge in [-0.2, -0.15) is 13.2 Å². The van der Waals surface area contributed by atoms with Crippen molar-refractivity contribution in [2.75, 3.05) is 5.73 Å². The molecule has 1 unspecified atom stereocenters. The summed E-state index contributed by atoms with van der Waals surface area (Å²) in [5, 5.41) is 0. The maximum Gasteiger partial charge on any atom is 0.425 e. The van der Waals surface area contributed by atoms with Gasteiger partial charge in [0, 0.05) is 5.69 Å². The summed E-state index contributed by atoms with van der Waals surface area (Å²) in [5.41, 5.74) is 6.75. The van der Waals surface area contributed by atoms with Gasteiger partial charge in [0.1, 0.15) is 5.75 Å². The molecule has 0 saturated heterocycles. The van der Waals surface area contributed by atoms with Gasteiger partial charge < -0.3 is 10.5 Å². The smallest absolute Gasteiger partial charge is 0.425 e. The second kappa shape index (κ2) is 4.00. The summed E-state index contributed by atoms with van der Waals surface area (Å²) in [7, 11) is 0. The quantitative estimate of drug-likeness (QED) is 0.776. The van der Waals surface area contributed by atoms with Gasteiger partial charge in [-0.15, -0.1) is 0 Å². The predicted octanol–water partition coefficient (Wildman–Crippen LogP) is 2.91. The van der Waals surface area contributed by atoms with Crippen molar-refractivity contribution < 1.29 is 17.9 Å². The minimum absolute atomic E-state index is 0.173. The molecule has 1 aromatic carbocycles. The summed E-state index contributed by atoms with van der Waals surface area (Å²) in [5.74, 6) is 0.173. The van der Waals surface area contributed by atoms with E-state index in [1.165, 1.54) is 18.2 Å². The second-order valence-corrected chi connectivity index (χ2v) is 3.32.